The number of rotatable bonds is 0. The van der Waals surface area contributed by atoms with Crippen LogP contribution in [-0.4, -0.2) is 23.1 Å². The molecule has 0 rings (SSSR count). The van der Waals surface area contributed by atoms with E-state index in [1.165, 1.54) is 0 Å². The molecule has 0 N–H and O–H groups in total. The van der Waals surface area contributed by atoms with Crippen molar-refractivity contribution >= 4 is 39.0 Å². The van der Waals surface area contributed by atoms with Gasteiger partial charge in [-0.1, -0.05) is 22.5 Å². The van der Waals surface area contributed by atoms with Crippen molar-refractivity contribution in [2.24, 2.45) is 0 Å². The molecule has 0 aliphatic heterocycles. The molecule has 0 aromatic rings. The maximum atomic E-state index is 3.28. The van der Waals surface area contributed by atoms with Crippen molar-refractivity contribution in [3.63, 3.8) is 0 Å². The summed E-state index contributed by atoms with van der Waals surface area (Å²) in [5, 5.41) is 0. The fourth-order valence-electron chi connectivity index (χ4n) is 0. The summed E-state index contributed by atoms with van der Waals surface area (Å²) in [6.07, 6.45) is 0. The van der Waals surface area contributed by atoms with Crippen LogP contribution in [0.3, 0.4) is 0 Å². The monoisotopic (exact) mass is 132 g/mol. The summed E-state index contributed by atoms with van der Waals surface area (Å²) in [6.45, 7) is 3.28. The van der Waals surface area contributed by atoms with E-state index in [0.29, 0.717) is 0 Å². The van der Waals surface area contributed by atoms with Gasteiger partial charge in [-0.2, -0.15) is 0 Å². The van der Waals surface area contributed by atoms with Crippen molar-refractivity contribution in [2.45, 2.75) is 0 Å². The fraction of sp³-hybridized carbons (Fsp3) is 0. The molecule has 0 unspecified atom stereocenters. The molecule has 0 radical (unpaired) electrons. The molecule has 0 aromatic heterocycles. The molecule has 0 aliphatic rings. The van der Waals surface area contributed by atoms with E-state index in [1.807, 2.05) is 0 Å². The summed E-state index contributed by atoms with van der Waals surface area (Å²) in [6, 6.07) is 0. The van der Waals surface area contributed by atoms with Crippen LogP contribution in [0.25, 0.3) is 0 Å². The van der Waals surface area contributed by atoms with Gasteiger partial charge in [0, 0.05) is 0 Å². The maximum Gasteiger partial charge on any atom is 2.00 e. The van der Waals surface area contributed by atoms with E-state index >= 15 is 0 Å². The molecular formula is C2H5BrMg. The first-order chi connectivity index (χ1) is 1.41. The third-order valence-electron chi connectivity index (χ3n) is 0. The van der Waals surface area contributed by atoms with Crippen LogP contribution in [0, 0.1) is 0 Å². The molecule has 0 saturated carbocycles. The molecule has 2 heteroatoms. The average molecular weight is 133 g/mol. The molecule has 0 aliphatic carbocycles. The Kier molecular flexibility index (Phi) is 20.0. The van der Waals surface area contributed by atoms with E-state index in [1.54, 1.807) is 4.99 Å². The number of halogens is 1. The van der Waals surface area contributed by atoms with E-state index < -0.39 is 0 Å². The van der Waals surface area contributed by atoms with Gasteiger partial charge in [0.15, 0.2) is 0 Å². The molecule has 0 amide bonds. The van der Waals surface area contributed by atoms with Crippen LogP contribution in [-0.2, 0) is 0 Å². The predicted octanol–water partition coefficient (Wildman–Crippen LogP) is 1.37. The van der Waals surface area contributed by atoms with Gasteiger partial charge in [0.2, 0.25) is 0 Å². The van der Waals surface area contributed by atoms with Crippen LogP contribution in [0.2, 0.25) is 0 Å². The van der Waals surface area contributed by atoms with Crippen LogP contribution < -0.4 is 0 Å². The van der Waals surface area contributed by atoms with Crippen molar-refractivity contribution < 1.29 is 2.85 Å². The molecule has 0 fully saturated rings. The predicted molar refractivity (Wildman–Crippen MR) is 27.1 cm³/mol. The van der Waals surface area contributed by atoms with Gasteiger partial charge in [0.1, 0.15) is 0 Å². The maximum absolute atomic E-state index is 3.28. The van der Waals surface area contributed by atoms with Gasteiger partial charge in [-0.3, -0.25) is 0 Å². The molecule has 0 spiro atoms. The Bertz CT molecular complexity index is 19.0. The van der Waals surface area contributed by atoms with Gasteiger partial charge >= 0.3 is 23.1 Å². The molecule has 0 nitrogen and oxygen atoms in total. The van der Waals surface area contributed by atoms with Crippen LogP contribution in [0.15, 0.2) is 11.6 Å². The van der Waals surface area contributed by atoms with E-state index in [0.717, 1.165) is 0 Å². The largest absolute Gasteiger partial charge is 2.00 e. The Labute approximate surface area is 53.5 Å². The first-order valence-electron chi connectivity index (χ1n) is 0.626. The zero-order chi connectivity index (χ0) is 2.71. The molecule has 0 atom stereocenters. The molecule has 22 valence electrons. The standard InChI is InChI=1S/C2H3Br.Mg.2H/c1-2-3;;;/h2H,1H2;;;/q;+2;2*-1. The quantitative estimate of drug-likeness (QED) is 0.438. The molecule has 0 heterocycles. The minimum Gasteiger partial charge on any atom is -1.00 e. The second-order valence-electron chi connectivity index (χ2n) is 0.154. The number of hydrogen-bond donors (Lipinski definition) is 0. The Morgan fingerprint density at radius 3 is 2.00 bits per heavy atom. The second kappa shape index (κ2) is 9.01. The normalized spacial score (nSPS) is 3.25. The van der Waals surface area contributed by atoms with Gasteiger partial charge in [-0.15, -0.1) is 0 Å². The fourth-order valence-corrected chi connectivity index (χ4v) is 0. The zero-order valence-corrected chi connectivity index (χ0v) is 5.37. The summed E-state index contributed by atoms with van der Waals surface area (Å²) in [7, 11) is 0. The molecule has 4 heavy (non-hydrogen) atoms. The minimum absolute atomic E-state index is 0. The summed E-state index contributed by atoms with van der Waals surface area (Å²) >= 11 is 2.91. The SMILES string of the molecule is C=CBr.[H-].[H-].[Mg+2]. The third kappa shape index (κ3) is 12.1. The minimum atomic E-state index is 0. The van der Waals surface area contributed by atoms with Crippen LogP contribution >= 0.6 is 15.9 Å². The number of hydrogen-bond acceptors (Lipinski definition) is 0. The Morgan fingerprint density at radius 1 is 2.00 bits per heavy atom. The van der Waals surface area contributed by atoms with Crippen molar-refractivity contribution in [2.75, 3.05) is 0 Å². The summed E-state index contributed by atoms with van der Waals surface area (Å²) in [5.41, 5.74) is 0. The van der Waals surface area contributed by atoms with Gasteiger partial charge in [0.25, 0.3) is 0 Å². The van der Waals surface area contributed by atoms with Crippen LogP contribution in [0.4, 0.5) is 0 Å². The third-order valence-corrected chi connectivity index (χ3v) is 0. The molecule has 0 aromatic carbocycles. The Hall–Kier alpha value is 0.986. The van der Waals surface area contributed by atoms with Crippen molar-refractivity contribution in [1.82, 2.24) is 0 Å². The molecular weight excluding hydrogens is 128 g/mol. The average Bonchev–Trinajstić information content (AvgIpc) is 0.918. The van der Waals surface area contributed by atoms with E-state index in [4.69, 9.17) is 0 Å². The second-order valence-corrected chi connectivity index (χ2v) is 0.802. The van der Waals surface area contributed by atoms with Gasteiger partial charge in [-0.25, -0.2) is 0 Å². The van der Waals surface area contributed by atoms with Crippen molar-refractivity contribution in [3.8, 4) is 0 Å². The first-order valence-corrected chi connectivity index (χ1v) is 1.54. The van der Waals surface area contributed by atoms with Gasteiger partial charge in [-0.05, 0) is 4.99 Å². The van der Waals surface area contributed by atoms with Crippen LogP contribution in [0.1, 0.15) is 2.85 Å². The van der Waals surface area contributed by atoms with Crippen molar-refractivity contribution in [3.05, 3.63) is 11.6 Å². The van der Waals surface area contributed by atoms with E-state index in [-0.39, 0.29) is 25.9 Å². The van der Waals surface area contributed by atoms with Crippen LogP contribution in [0.5, 0.6) is 0 Å². The molecule has 0 saturated heterocycles. The smallest absolute Gasteiger partial charge is 1.00 e. The first kappa shape index (κ1) is 8.88. The summed E-state index contributed by atoms with van der Waals surface area (Å²) in [4.78, 5) is 1.56. The topological polar surface area (TPSA) is 0 Å². The van der Waals surface area contributed by atoms with E-state index in [2.05, 4.69) is 22.5 Å². The zero-order valence-electron chi connectivity index (χ0n) is 4.37. The Morgan fingerprint density at radius 2 is 2.00 bits per heavy atom. The summed E-state index contributed by atoms with van der Waals surface area (Å²) in [5.74, 6) is 0. The van der Waals surface area contributed by atoms with Gasteiger partial charge in [0.05, 0.1) is 0 Å². The Balaban J connectivity index is -0.00000000667. The van der Waals surface area contributed by atoms with Crippen molar-refractivity contribution in [1.29, 1.82) is 0 Å². The van der Waals surface area contributed by atoms with Gasteiger partial charge < -0.3 is 2.85 Å². The van der Waals surface area contributed by atoms with E-state index in [9.17, 15) is 0 Å². The summed E-state index contributed by atoms with van der Waals surface area (Å²) < 4.78 is 0. The molecule has 0 bridgehead atoms.